The fourth-order valence-corrected chi connectivity index (χ4v) is 8.61. The molecule has 0 N–H and O–H groups in total. The molecule has 0 amide bonds. The number of benzene rings is 1. The van der Waals surface area contributed by atoms with Crippen LogP contribution in [-0.4, -0.2) is 26.6 Å². The summed E-state index contributed by atoms with van der Waals surface area (Å²) in [7, 11) is -8.44. The lowest BCUT2D eigenvalue weighted by molar-refractivity contribution is 0.457. The van der Waals surface area contributed by atoms with Crippen molar-refractivity contribution in [3.63, 3.8) is 0 Å². The molecule has 1 saturated carbocycles. The monoisotopic (exact) mass is 581 g/mol. The van der Waals surface area contributed by atoms with E-state index in [9.17, 15) is 21.4 Å². The van der Waals surface area contributed by atoms with Crippen LogP contribution in [-0.2, 0) is 20.2 Å². The largest absolute Gasteiger partial charge is 0.744 e. The zero-order chi connectivity index (χ0) is 17.0. The van der Waals surface area contributed by atoms with Gasteiger partial charge in [0.1, 0.15) is 21.1 Å². The minimum absolute atomic E-state index is 0.0237. The smallest absolute Gasteiger partial charge is 0.312 e. The molecule has 0 heterocycles. The van der Waals surface area contributed by atoms with Gasteiger partial charge in [-0.1, -0.05) is 12.2 Å². The van der Waals surface area contributed by atoms with E-state index >= 15 is 0 Å². The summed E-state index contributed by atoms with van der Waals surface area (Å²) >= 11 is 3.37. The lowest BCUT2D eigenvalue weighted by Gasteiger charge is -2.19. The third-order valence-corrected chi connectivity index (χ3v) is 9.10. The molecule has 126 valence electrons. The lowest BCUT2D eigenvalue weighted by Crippen LogP contribution is -2.29. The molecule has 23 heavy (non-hydrogen) atoms. The molecule has 0 spiro atoms. The van der Waals surface area contributed by atoms with Crippen LogP contribution >= 0.6 is 45.2 Å². The van der Waals surface area contributed by atoms with Crippen molar-refractivity contribution in [1.82, 2.24) is 0 Å². The summed E-state index contributed by atoms with van der Waals surface area (Å²) in [5.74, 6) is 0.291. The fraction of sp³-hybridized carbons (Fsp3) is 0.385. The highest BCUT2D eigenvalue weighted by atomic mass is 127. The molecule has 10 heteroatoms. The third kappa shape index (κ3) is 3.55. The second-order valence-electron chi connectivity index (χ2n) is 5.56. The van der Waals surface area contributed by atoms with Crippen LogP contribution < -0.4 is 4.18 Å². The Labute approximate surface area is 161 Å². The van der Waals surface area contributed by atoms with E-state index in [2.05, 4.69) is 0 Å². The fourth-order valence-electron chi connectivity index (χ4n) is 3.08. The van der Waals surface area contributed by atoms with Crippen molar-refractivity contribution >= 4 is 65.4 Å². The zero-order valence-corrected chi connectivity index (χ0v) is 17.4. The van der Waals surface area contributed by atoms with Crippen LogP contribution in [0.2, 0.25) is 0 Å². The van der Waals surface area contributed by atoms with Crippen LogP contribution in [0.4, 0.5) is 0 Å². The maximum Gasteiger partial charge on any atom is 0.312 e. The first kappa shape index (κ1) is 17.9. The van der Waals surface area contributed by atoms with E-state index in [4.69, 9.17) is 4.18 Å². The molecule has 0 saturated heterocycles. The third-order valence-electron chi connectivity index (χ3n) is 4.02. The molecule has 1 aromatic carbocycles. The number of halogens is 2. The van der Waals surface area contributed by atoms with Crippen molar-refractivity contribution in [1.29, 1.82) is 0 Å². The maximum atomic E-state index is 12.5. The van der Waals surface area contributed by atoms with Gasteiger partial charge in [0.2, 0.25) is 0 Å². The number of hydrogen-bond donors (Lipinski definition) is 0. The normalized spacial score (nSPS) is 26.7. The summed E-state index contributed by atoms with van der Waals surface area (Å²) in [5, 5.41) is -0.573. The van der Waals surface area contributed by atoms with Crippen molar-refractivity contribution in [3.05, 3.63) is 31.4 Å². The van der Waals surface area contributed by atoms with E-state index < -0.39 is 25.5 Å². The van der Waals surface area contributed by atoms with Crippen LogP contribution in [0.3, 0.4) is 0 Å². The predicted molar refractivity (Wildman–Crippen MR) is 98.5 cm³/mol. The van der Waals surface area contributed by atoms with Gasteiger partial charge in [-0.2, -0.15) is 8.42 Å². The summed E-state index contributed by atoms with van der Waals surface area (Å²) in [6.45, 7) is 0. The van der Waals surface area contributed by atoms with Crippen LogP contribution in [0.25, 0.3) is 0 Å². The molecule has 0 aromatic heterocycles. The standard InChI is InChI=1S/C13H12I2O6S2/c14-10-5-9(6-11(15)13(10)22(16,17)18)21-23(19,20)12-4-7-1-2-8(12)3-7/h1-2,5-8,12H,3-4H2,(H,16,17,18)/p-1. The average molecular weight is 581 g/mol. The highest BCUT2D eigenvalue weighted by Gasteiger charge is 2.44. The topological polar surface area (TPSA) is 101 Å². The van der Waals surface area contributed by atoms with E-state index in [1.54, 1.807) is 45.2 Å². The highest BCUT2D eigenvalue weighted by Crippen LogP contribution is 2.43. The van der Waals surface area contributed by atoms with Crippen molar-refractivity contribution < 1.29 is 25.6 Å². The van der Waals surface area contributed by atoms with Gasteiger partial charge in [-0.3, -0.25) is 0 Å². The molecule has 0 radical (unpaired) electrons. The minimum Gasteiger partial charge on any atom is -0.744 e. The minimum atomic E-state index is -4.63. The summed E-state index contributed by atoms with van der Waals surface area (Å²) in [5.41, 5.74) is 0. The Hall–Kier alpha value is 0.0800. The molecule has 6 nitrogen and oxygen atoms in total. The molecule has 0 aliphatic heterocycles. The van der Waals surface area contributed by atoms with Gasteiger partial charge in [-0.25, -0.2) is 8.42 Å². The molecule has 1 aromatic rings. The van der Waals surface area contributed by atoms with Crippen LogP contribution in [0, 0.1) is 19.0 Å². The molecule has 3 atom stereocenters. The maximum absolute atomic E-state index is 12.5. The van der Waals surface area contributed by atoms with Gasteiger partial charge in [0, 0.05) is 7.14 Å². The van der Waals surface area contributed by atoms with Gasteiger partial charge < -0.3 is 8.74 Å². The molecule has 3 unspecified atom stereocenters. The Morgan fingerprint density at radius 3 is 2.09 bits per heavy atom. The molecular weight excluding hydrogens is 570 g/mol. The summed E-state index contributed by atoms with van der Waals surface area (Å²) in [6, 6.07) is 2.52. The van der Waals surface area contributed by atoms with E-state index in [-0.39, 0.29) is 29.6 Å². The Bertz CT molecular complexity index is 868. The first-order valence-electron chi connectivity index (χ1n) is 6.64. The Balaban J connectivity index is 1.90. The van der Waals surface area contributed by atoms with E-state index in [1.807, 2.05) is 12.2 Å². The first-order valence-corrected chi connectivity index (χ1v) is 11.7. The summed E-state index contributed by atoms with van der Waals surface area (Å²) < 4.78 is 64.1. The SMILES string of the molecule is O=S(=O)([O-])c1c(I)cc(OS(=O)(=O)C2CC3C=CC2C3)cc1I. The average Bonchev–Trinajstić information content (AvgIpc) is 2.97. The quantitative estimate of drug-likeness (QED) is 0.235. The lowest BCUT2D eigenvalue weighted by atomic mass is 10.1. The van der Waals surface area contributed by atoms with Gasteiger partial charge in [0.05, 0.1) is 4.90 Å². The van der Waals surface area contributed by atoms with Crippen molar-refractivity contribution in [2.45, 2.75) is 23.0 Å². The summed E-state index contributed by atoms with van der Waals surface area (Å²) in [6.07, 6.45) is 5.33. The second kappa shape index (κ2) is 6.11. The molecule has 3 rings (SSSR count). The van der Waals surface area contributed by atoms with Crippen LogP contribution in [0.5, 0.6) is 5.75 Å². The number of fused-ring (bicyclic) bond motifs is 2. The molecular formula is C13H11I2O6S2-. The van der Waals surface area contributed by atoms with Gasteiger partial charge in [-0.15, -0.1) is 0 Å². The first-order chi connectivity index (χ1) is 10.6. The Morgan fingerprint density at radius 1 is 1.04 bits per heavy atom. The Kier molecular flexibility index (Phi) is 4.75. The number of allylic oxidation sites excluding steroid dienone is 2. The van der Waals surface area contributed by atoms with Gasteiger partial charge in [0.15, 0.2) is 0 Å². The number of hydrogen-bond acceptors (Lipinski definition) is 6. The van der Waals surface area contributed by atoms with Crippen molar-refractivity contribution in [2.75, 3.05) is 0 Å². The molecule has 2 bridgehead atoms. The molecule has 2 aliphatic rings. The predicted octanol–water partition coefficient (Wildman–Crippen LogP) is 2.47. The highest BCUT2D eigenvalue weighted by molar-refractivity contribution is 14.1. The Morgan fingerprint density at radius 2 is 1.65 bits per heavy atom. The van der Waals surface area contributed by atoms with E-state index in [0.29, 0.717) is 6.42 Å². The van der Waals surface area contributed by atoms with Gasteiger partial charge in [-0.05, 0) is 82.0 Å². The molecule has 1 fully saturated rings. The van der Waals surface area contributed by atoms with Gasteiger partial charge >= 0.3 is 10.1 Å². The van der Waals surface area contributed by atoms with Crippen LogP contribution in [0.1, 0.15) is 12.8 Å². The van der Waals surface area contributed by atoms with Crippen molar-refractivity contribution in [2.24, 2.45) is 11.8 Å². The second-order valence-corrected chi connectivity index (χ2v) is 11.0. The number of rotatable bonds is 4. The zero-order valence-electron chi connectivity index (χ0n) is 11.5. The van der Waals surface area contributed by atoms with Gasteiger partial charge in [0.25, 0.3) is 0 Å². The van der Waals surface area contributed by atoms with Crippen LogP contribution in [0.15, 0.2) is 29.2 Å². The van der Waals surface area contributed by atoms with Crippen molar-refractivity contribution in [3.8, 4) is 5.75 Å². The van der Waals surface area contributed by atoms with E-state index in [0.717, 1.165) is 6.42 Å². The van der Waals surface area contributed by atoms with E-state index in [1.165, 1.54) is 12.1 Å². The molecule has 2 aliphatic carbocycles. The summed E-state index contributed by atoms with van der Waals surface area (Å²) in [4.78, 5) is -0.355.